The molecular formula is C10H18N2O2. The third-order valence-electron chi connectivity index (χ3n) is 3.39. The number of rotatable bonds is 2. The van der Waals surface area contributed by atoms with Crippen LogP contribution in [0.25, 0.3) is 0 Å². The van der Waals surface area contributed by atoms with E-state index in [-0.39, 0.29) is 11.7 Å². The van der Waals surface area contributed by atoms with E-state index in [0.717, 1.165) is 32.6 Å². The van der Waals surface area contributed by atoms with Crippen LogP contribution in [0.3, 0.4) is 0 Å². The number of nitrogens with one attached hydrogen (secondary N) is 1. The molecule has 0 saturated carbocycles. The van der Waals surface area contributed by atoms with E-state index in [1.165, 1.54) is 0 Å². The van der Waals surface area contributed by atoms with Crippen LogP contribution >= 0.6 is 0 Å². The number of cyclic esters (lactones) is 1. The van der Waals surface area contributed by atoms with Gasteiger partial charge in [0, 0.05) is 19.0 Å². The Morgan fingerprint density at radius 1 is 1.71 bits per heavy atom. The number of amides is 1. The van der Waals surface area contributed by atoms with Gasteiger partial charge in [0.05, 0.1) is 6.54 Å². The highest BCUT2D eigenvalue weighted by atomic mass is 16.6. The van der Waals surface area contributed by atoms with E-state index in [1.807, 2.05) is 6.92 Å². The molecule has 0 bridgehead atoms. The van der Waals surface area contributed by atoms with E-state index < -0.39 is 0 Å². The molecule has 4 heteroatoms. The smallest absolute Gasteiger partial charge is 0.410 e. The lowest BCUT2D eigenvalue weighted by Gasteiger charge is -2.27. The first-order valence-electron chi connectivity index (χ1n) is 5.34. The van der Waals surface area contributed by atoms with Gasteiger partial charge in [-0.2, -0.15) is 0 Å². The lowest BCUT2D eigenvalue weighted by atomic mass is 9.88. The van der Waals surface area contributed by atoms with Gasteiger partial charge in [-0.15, -0.1) is 0 Å². The summed E-state index contributed by atoms with van der Waals surface area (Å²) in [7, 11) is 0. The third kappa shape index (κ3) is 1.47. The first kappa shape index (κ1) is 9.77. The molecule has 2 aliphatic heterocycles. The third-order valence-corrected chi connectivity index (χ3v) is 3.39. The summed E-state index contributed by atoms with van der Waals surface area (Å²) in [5.74, 6) is 0.475. The molecule has 0 aromatic heterocycles. The number of ether oxygens (including phenoxy) is 1. The Morgan fingerprint density at radius 3 is 3.00 bits per heavy atom. The molecule has 2 heterocycles. The van der Waals surface area contributed by atoms with E-state index in [0.29, 0.717) is 5.92 Å². The van der Waals surface area contributed by atoms with Crippen LogP contribution in [0.2, 0.25) is 0 Å². The molecule has 2 rings (SSSR count). The van der Waals surface area contributed by atoms with Crippen molar-refractivity contribution in [1.29, 1.82) is 0 Å². The van der Waals surface area contributed by atoms with Crippen LogP contribution in [0, 0.1) is 5.92 Å². The van der Waals surface area contributed by atoms with E-state index in [2.05, 4.69) is 12.2 Å². The molecule has 2 atom stereocenters. The summed E-state index contributed by atoms with van der Waals surface area (Å²) in [6.45, 7) is 7.55. The van der Waals surface area contributed by atoms with Gasteiger partial charge in [-0.25, -0.2) is 4.79 Å². The lowest BCUT2D eigenvalue weighted by Crippen LogP contribution is -2.40. The van der Waals surface area contributed by atoms with Crippen molar-refractivity contribution < 1.29 is 9.53 Å². The molecule has 1 N–H and O–H groups in total. The molecule has 1 amide bonds. The topological polar surface area (TPSA) is 41.6 Å². The van der Waals surface area contributed by atoms with Crippen molar-refractivity contribution in [3.05, 3.63) is 0 Å². The minimum atomic E-state index is -0.267. The van der Waals surface area contributed by atoms with Crippen molar-refractivity contribution in [2.24, 2.45) is 5.92 Å². The van der Waals surface area contributed by atoms with Crippen LogP contribution in [0.5, 0.6) is 0 Å². The van der Waals surface area contributed by atoms with Crippen molar-refractivity contribution in [1.82, 2.24) is 10.2 Å². The minimum absolute atomic E-state index is 0.151. The Bertz CT molecular complexity index is 238. The fourth-order valence-electron chi connectivity index (χ4n) is 2.37. The van der Waals surface area contributed by atoms with Gasteiger partial charge in [0.1, 0.15) is 5.60 Å². The SMILES string of the molecule is CCN1CC(C)(C2CCNC2)OC1=O. The van der Waals surface area contributed by atoms with Gasteiger partial charge < -0.3 is 15.0 Å². The molecule has 14 heavy (non-hydrogen) atoms. The van der Waals surface area contributed by atoms with Crippen LogP contribution < -0.4 is 5.32 Å². The van der Waals surface area contributed by atoms with Crippen molar-refractivity contribution in [3.8, 4) is 0 Å². The van der Waals surface area contributed by atoms with E-state index in [9.17, 15) is 4.79 Å². The van der Waals surface area contributed by atoms with Crippen LogP contribution in [-0.4, -0.2) is 42.8 Å². The second-order valence-corrected chi connectivity index (χ2v) is 4.38. The maximum Gasteiger partial charge on any atom is 0.410 e. The van der Waals surface area contributed by atoms with Crippen LogP contribution in [0.4, 0.5) is 4.79 Å². The normalized spacial score (nSPS) is 37.7. The Kier molecular flexibility index (Phi) is 2.39. The predicted molar refractivity (Wildman–Crippen MR) is 53.1 cm³/mol. The number of likely N-dealkylation sites (N-methyl/N-ethyl adjacent to an activating group) is 1. The molecule has 2 unspecified atom stereocenters. The first-order chi connectivity index (χ1) is 6.65. The molecule has 0 aromatic rings. The Morgan fingerprint density at radius 2 is 2.50 bits per heavy atom. The summed E-state index contributed by atoms with van der Waals surface area (Å²) in [5, 5.41) is 3.31. The first-order valence-corrected chi connectivity index (χ1v) is 5.34. The summed E-state index contributed by atoms with van der Waals surface area (Å²) in [4.78, 5) is 13.2. The number of carbonyl (C=O) groups excluding carboxylic acids is 1. The fourth-order valence-corrected chi connectivity index (χ4v) is 2.37. The van der Waals surface area contributed by atoms with Gasteiger partial charge in [0.25, 0.3) is 0 Å². The molecule has 4 nitrogen and oxygen atoms in total. The summed E-state index contributed by atoms with van der Waals surface area (Å²) in [6.07, 6.45) is 0.961. The zero-order valence-corrected chi connectivity index (χ0v) is 8.88. The summed E-state index contributed by atoms with van der Waals surface area (Å²) < 4.78 is 5.48. The molecule has 2 fully saturated rings. The maximum atomic E-state index is 11.5. The molecule has 0 aromatic carbocycles. The Labute approximate surface area is 84.6 Å². The molecule has 80 valence electrons. The minimum Gasteiger partial charge on any atom is -0.441 e. The van der Waals surface area contributed by atoms with Crippen molar-refractivity contribution in [2.45, 2.75) is 25.9 Å². The highest BCUT2D eigenvalue weighted by Gasteiger charge is 2.47. The maximum absolute atomic E-state index is 11.5. The standard InChI is InChI=1S/C10H18N2O2/c1-3-12-7-10(2,14-9(12)13)8-4-5-11-6-8/h8,11H,3-7H2,1-2H3. The number of hydrogen-bond acceptors (Lipinski definition) is 3. The Balaban J connectivity index is 2.06. The molecule has 2 aliphatic rings. The summed E-state index contributed by atoms with van der Waals surface area (Å²) in [6, 6.07) is 0. The highest BCUT2D eigenvalue weighted by molar-refractivity contribution is 5.70. The average Bonchev–Trinajstić information content (AvgIpc) is 2.73. The monoisotopic (exact) mass is 198 g/mol. The average molecular weight is 198 g/mol. The summed E-state index contributed by atoms with van der Waals surface area (Å²) in [5.41, 5.74) is -0.267. The Hall–Kier alpha value is -0.770. The molecule has 0 spiro atoms. The summed E-state index contributed by atoms with van der Waals surface area (Å²) >= 11 is 0. The lowest BCUT2D eigenvalue weighted by molar-refractivity contribution is 0.0287. The molecule has 0 aliphatic carbocycles. The van der Waals surface area contributed by atoms with Gasteiger partial charge in [-0.1, -0.05) is 0 Å². The van der Waals surface area contributed by atoms with Crippen LogP contribution in [0.15, 0.2) is 0 Å². The van der Waals surface area contributed by atoms with Crippen molar-refractivity contribution >= 4 is 6.09 Å². The number of carbonyl (C=O) groups is 1. The van der Waals surface area contributed by atoms with E-state index in [4.69, 9.17) is 4.74 Å². The number of hydrogen-bond donors (Lipinski definition) is 1. The fraction of sp³-hybridized carbons (Fsp3) is 0.900. The van der Waals surface area contributed by atoms with Crippen molar-refractivity contribution in [3.63, 3.8) is 0 Å². The quantitative estimate of drug-likeness (QED) is 0.714. The van der Waals surface area contributed by atoms with Gasteiger partial charge in [-0.3, -0.25) is 0 Å². The largest absolute Gasteiger partial charge is 0.441 e. The van der Waals surface area contributed by atoms with E-state index >= 15 is 0 Å². The second-order valence-electron chi connectivity index (χ2n) is 4.38. The molecule has 2 saturated heterocycles. The predicted octanol–water partition coefficient (Wildman–Crippen LogP) is 0.827. The zero-order chi connectivity index (χ0) is 10.2. The van der Waals surface area contributed by atoms with Gasteiger partial charge in [-0.05, 0) is 26.8 Å². The van der Waals surface area contributed by atoms with Crippen LogP contribution in [0.1, 0.15) is 20.3 Å². The van der Waals surface area contributed by atoms with Crippen molar-refractivity contribution in [2.75, 3.05) is 26.2 Å². The zero-order valence-electron chi connectivity index (χ0n) is 8.88. The van der Waals surface area contributed by atoms with Crippen LogP contribution in [-0.2, 0) is 4.74 Å². The molecule has 0 radical (unpaired) electrons. The molecular weight excluding hydrogens is 180 g/mol. The van der Waals surface area contributed by atoms with Gasteiger partial charge in [0.2, 0.25) is 0 Å². The van der Waals surface area contributed by atoms with Gasteiger partial charge in [0.15, 0.2) is 0 Å². The highest BCUT2D eigenvalue weighted by Crippen LogP contribution is 2.33. The second kappa shape index (κ2) is 3.42. The number of nitrogens with zero attached hydrogens (tertiary/aromatic N) is 1. The van der Waals surface area contributed by atoms with Gasteiger partial charge >= 0.3 is 6.09 Å². The van der Waals surface area contributed by atoms with E-state index in [1.54, 1.807) is 4.90 Å².